The van der Waals surface area contributed by atoms with Crippen LogP contribution >= 0.6 is 0 Å². The Kier molecular flexibility index (Phi) is 4.51. The van der Waals surface area contributed by atoms with Gasteiger partial charge in [-0.2, -0.15) is 0 Å². The number of phenolic OH excluding ortho intramolecular Hbond substituents is 2. The quantitative estimate of drug-likeness (QED) is 0.533. The molecule has 0 amide bonds. The van der Waals surface area contributed by atoms with Crippen molar-refractivity contribution in [1.82, 2.24) is 0 Å². The van der Waals surface area contributed by atoms with Gasteiger partial charge in [-0.1, -0.05) is 0 Å². The fourth-order valence-corrected chi connectivity index (χ4v) is 1.64. The highest BCUT2D eigenvalue weighted by Gasteiger charge is 2.16. The lowest BCUT2D eigenvalue weighted by Crippen LogP contribution is -2.68. The summed E-state index contributed by atoms with van der Waals surface area (Å²) in [7, 11) is -4.94. The van der Waals surface area contributed by atoms with E-state index in [1.807, 2.05) is 19.9 Å². The molecule has 2 aromatic rings. The molecular weight excluding hydrogens is 280 g/mol. The Labute approximate surface area is 110 Å². The molecule has 0 radical (unpaired) electrons. The Morgan fingerprint density at radius 3 is 2.05 bits per heavy atom. The molecule has 104 valence electrons. The van der Waals surface area contributed by atoms with Crippen LogP contribution in [0.3, 0.4) is 0 Å². The van der Waals surface area contributed by atoms with Crippen molar-refractivity contribution in [3.63, 3.8) is 0 Å². The molecule has 0 atom stereocenters. The second-order valence-corrected chi connectivity index (χ2v) is 4.51. The zero-order valence-electron chi connectivity index (χ0n) is 10.0. The fourth-order valence-electron chi connectivity index (χ4n) is 1.64. The van der Waals surface area contributed by atoms with E-state index in [0.717, 1.165) is 11.3 Å². The van der Waals surface area contributed by atoms with Crippen LogP contribution in [-0.4, -0.2) is 10.2 Å². The lowest BCUT2D eigenvalue weighted by atomic mass is 10.1. The van der Waals surface area contributed by atoms with E-state index < -0.39 is 10.2 Å². The Morgan fingerprint density at radius 1 is 1.00 bits per heavy atom. The van der Waals surface area contributed by atoms with Crippen LogP contribution in [0, 0.1) is 24.1 Å². The third-order valence-corrected chi connectivity index (χ3v) is 2.15. The molecular formula is C11H11ClO7. The first-order valence-electron chi connectivity index (χ1n) is 4.95. The Morgan fingerprint density at radius 2 is 1.53 bits per heavy atom. The fraction of sp³-hybridized carbons (Fsp3) is 0.182. The monoisotopic (exact) mass is 290 g/mol. The van der Waals surface area contributed by atoms with Crippen molar-refractivity contribution < 1.29 is 43.5 Å². The van der Waals surface area contributed by atoms with Crippen LogP contribution in [0.4, 0.5) is 0 Å². The van der Waals surface area contributed by atoms with E-state index >= 15 is 0 Å². The number of aryl methyl sites for hydroxylation is 2. The Balaban J connectivity index is 0.000000312. The average Bonchev–Trinajstić information content (AvgIpc) is 2.10. The SMILES string of the molecule is Cc1cc(C)c2c(O)cc(O)cc2[o+]1.[O-][Cl+3]([O-])([O-])[O-]. The molecule has 0 aliphatic rings. The number of phenols is 2. The van der Waals surface area contributed by atoms with Crippen LogP contribution in [0.25, 0.3) is 11.0 Å². The van der Waals surface area contributed by atoms with Crippen molar-refractivity contribution in [3.8, 4) is 11.5 Å². The standard InChI is InChI=1S/C11H10O3.ClHO4/c1-6-3-7(2)14-10-5-8(12)4-9(13)11(6)10;2-1(3,4)5/h3-5H,1-2H3,(H-,12,13);(H,2,3,4,5). The first-order chi connectivity index (χ1) is 8.58. The molecule has 1 aromatic carbocycles. The molecule has 1 aromatic heterocycles. The Hall–Kier alpha value is -1.64. The predicted molar refractivity (Wildman–Crippen MR) is 53.4 cm³/mol. The zero-order chi connectivity index (χ0) is 14.8. The minimum atomic E-state index is -4.94. The second kappa shape index (κ2) is 5.55. The van der Waals surface area contributed by atoms with Crippen molar-refractivity contribution in [1.29, 1.82) is 0 Å². The van der Waals surface area contributed by atoms with Crippen LogP contribution in [-0.2, 0) is 0 Å². The smallest absolute Gasteiger partial charge is 0.367 e. The maximum absolute atomic E-state index is 9.60. The molecule has 0 fully saturated rings. The van der Waals surface area contributed by atoms with Gasteiger partial charge in [0.2, 0.25) is 0 Å². The maximum Gasteiger partial charge on any atom is 0.367 e. The summed E-state index contributed by atoms with van der Waals surface area (Å²) in [5.41, 5.74) is 1.43. The van der Waals surface area contributed by atoms with E-state index in [0.29, 0.717) is 11.0 Å². The Bertz CT molecular complexity index is 543. The molecule has 0 saturated heterocycles. The van der Waals surface area contributed by atoms with Crippen molar-refractivity contribution in [2.45, 2.75) is 13.8 Å². The summed E-state index contributed by atoms with van der Waals surface area (Å²) in [5, 5.41) is 19.5. The van der Waals surface area contributed by atoms with Gasteiger partial charge in [0, 0.05) is 12.1 Å². The number of rotatable bonds is 0. The van der Waals surface area contributed by atoms with E-state index in [4.69, 9.17) is 23.1 Å². The van der Waals surface area contributed by atoms with E-state index in [1.165, 1.54) is 12.1 Å². The molecule has 7 nitrogen and oxygen atoms in total. The summed E-state index contributed by atoms with van der Waals surface area (Å²) < 4.78 is 39.4. The molecule has 19 heavy (non-hydrogen) atoms. The maximum atomic E-state index is 9.60. The largest absolute Gasteiger partial charge is 0.507 e. The normalized spacial score (nSPS) is 11.1. The lowest BCUT2D eigenvalue weighted by Gasteiger charge is -2.17. The number of fused-ring (bicyclic) bond motifs is 1. The van der Waals surface area contributed by atoms with Crippen molar-refractivity contribution in [2.75, 3.05) is 0 Å². The van der Waals surface area contributed by atoms with E-state index in [1.54, 1.807) is 0 Å². The number of hydrogen-bond donors (Lipinski definition) is 2. The molecule has 0 saturated carbocycles. The summed E-state index contributed by atoms with van der Waals surface area (Å²) >= 11 is 0. The summed E-state index contributed by atoms with van der Waals surface area (Å²) in [6, 6.07) is 4.65. The van der Waals surface area contributed by atoms with Gasteiger partial charge in [0.05, 0.1) is 13.0 Å². The highest BCUT2D eigenvalue weighted by Crippen LogP contribution is 2.32. The van der Waals surface area contributed by atoms with E-state index in [9.17, 15) is 10.2 Å². The summed E-state index contributed by atoms with van der Waals surface area (Å²) in [6.07, 6.45) is 0. The summed E-state index contributed by atoms with van der Waals surface area (Å²) in [6.45, 7) is 3.72. The number of hydrogen-bond acceptors (Lipinski definition) is 6. The molecule has 0 unspecified atom stereocenters. The second-order valence-electron chi connectivity index (χ2n) is 3.76. The lowest BCUT2D eigenvalue weighted by molar-refractivity contribution is -2.00. The number of aromatic hydroxyl groups is 2. The van der Waals surface area contributed by atoms with Crippen molar-refractivity contribution >= 4 is 11.0 Å². The minimum Gasteiger partial charge on any atom is -0.507 e. The first kappa shape index (κ1) is 15.4. The molecule has 0 aliphatic carbocycles. The molecule has 0 aliphatic heterocycles. The summed E-state index contributed by atoms with van der Waals surface area (Å²) in [5.74, 6) is 0.796. The molecule has 8 heteroatoms. The van der Waals surface area contributed by atoms with Gasteiger partial charge in [-0.05, 0) is 12.5 Å². The third kappa shape index (κ3) is 4.86. The highest BCUT2D eigenvalue weighted by atomic mass is 35.7. The first-order valence-corrected chi connectivity index (χ1v) is 6.19. The topological polar surface area (TPSA) is 144 Å². The van der Waals surface area contributed by atoms with Crippen molar-refractivity contribution in [3.05, 3.63) is 29.5 Å². The van der Waals surface area contributed by atoms with Gasteiger partial charge in [0.1, 0.15) is 16.9 Å². The predicted octanol–water partition coefficient (Wildman–Crippen LogP) is -2.01. The van der Waals surface area contributed by atoms with E-state index in [-0.39, 0.29) is 11.5 Å². The number of benzene rings is 1. The zero-order valence-corrected chi connectivity index (χ0v) is 10.8. The van der Waals surface area contributed by atoms with Gasteiger partial charge in [-0.25, -0.2) is 23.1 Å². The molecule has 1 heterocycles. The van der Waals surface area contributed by atoms with Gasteiger partial charge in [-0.3, -0.25) is 0 Å². The van der Waals surface area contributed by atoms with Crippen LogP contribution in [0.15, 0.2) is 22.6 Å². The minimum absolute atomic E-state index is 0.00347. The van der Waals surface area contributed by atoms with Crippen LogP contribution in [0.1, 0.15) is 11.3 Å². The van der Waals surface area contributed by atoms with Gasteiger partial charge < -0.3 is 10.2 Å². The van der Waals surface area contributed by atoms with Gasteiger partial charge in [0.15, 0.2) is 0 Å². The van der Waals surface area contributed by atoms with Crippen LogP contribution < -0.4 is 18.6 Å². The molecule has 2 N–H and O–H groups in total. The van der Waals surface area contributed by atoms with Gasteiger partial charge in [-0.15, -0.1) is 10.2 Å². The summed E-state index contributed by atoms with van der Waals surface area (Å²) in [4.78, 5) is 0. The molecule has 0 bridgehead atoms. The van der Waals surface area contributed by atoms with E-state index in [2.05, 4.69) is 0 Å². The van der Waals surface area contributed by atoms with Crippen LogP contribution in [0.2, 0.25) is 0 Å². The van der Waals surface area contributed by atoms with Gasteiger partial charge >= 0.3 is 11.3 Å². The average molecular weight is 291 g/mol. The third-order valence-electron chi connectivity index (χ3n) is 2.15. The van der Waals surface area contributed by atoms with Crippen molar-refractivity contribution in [2.24, 2.45) is 0 Å². The molecule has 2 rings (SSSR count). The van der Waals surface area contributed by atoms with Crippen LogP contribution in [0.5, 0.6) is 11.5 Å². The molecule has 0 spiro atoms. The number of halogens is 1. The highest BCUT2D eigenvalue weighted by molar-refractivity contribution is 5.87. The van der Waals surface area contributed by atoms with Gasteiger partial charge in [0.25, 0.3) is 0 Å².